The topological polar surface area (TPSA) is 95.2 Å². The number of nitrogens with two attached hydrogens (primary N) is 1. The van der Waals surface area contributed by atoms with Crippen LogP contribution in [-0.4, -0.2) is 9.13 Å². The molecule has 0 saturated heterocycles. The van der Waals surface area contributed by atoms with Crippen molar-refractivity contribution in [3.8, 4) is 0 Å². The Balaban J connectivity index is 2.42. The monoisotopic (exact) mass is 292 g/mol. The highest BCUT2D eigenvalue weighted by atomic mass is 16.3. The highest BCUT2D eigenvalue weighted by Crippen LogP contribution is 2.14. The number of hydrogen-bond acceptors (Lipinski definition) is 5. The van der Waals surface area contributed by atoms with Gasteiger partial charge < -0.3 is 15.5 Å². The molecule has 7 heteroatoms. The van der Waals surface area contributed by atoms with Gasteiger partial charge in [-0.1, -0.05) is 13.8 Å². The minimum atomic E-state index is -0.441. The highest BCUT2D eigenvalue weighted by molar-refractivity contribution is 5.60. The maximum atomic E-state index is 12.2. The van der Waals surface area contributed by atoms with E-state index in [1.165, 1.54) is 11.6 Å². The first kappa shape index (κ1) is 15.0. The molecule has 0 bridgehead atoms. The van der Waals surface area contributed by atoms with Gasteiger partial charge in [-0.2, -0.15) is 0 Å². The number of aromatic nitrogens is 2. The fraction of sp³-hybridized carbons (Fsp3) is 0.429. The molecule has 114 valence electrons. The molecule has 2 heterocycles. The van der Waals surface area contributed by atoms with Crippen LogP contribution in [0.1, 0.15) is 19.6 Å². The van der Waals surface area contributed by atoms with Gasteiger partial charge >= 0.3 is 5.69 Å². The predicted molar refractivity (Wildman–Crippen MR) is 81.2 cm³/mol. The van der Waals surface area contributed by atoms with E-state index in [9.17, 15) is 9.59 Å². The summed E-state index contributed by atoms with van der Waals surface area (Å²) in [6.45, 7) is 4.74. The van der Waals surface area contributed by atoms with Crippen LogP contribution in [0.25, 0.3) is 0 Å². The van der Waals surface area contributed by atoms with Crippen LogP contribution < -0.4 is 22.3 Å². The van der Waals surface area contributed by atoms with E-state index in [1.807, 2.05) is 13.8 Å². The normalized spacial score (nSPS) is 11.0. The number of rotatable bonds is 5. The summed E-state index contributed by atoms with van der Waals surface area (Å²) in [6.07, 6.45) is 1.55. The van der Waals surface area contributed by atoms with E-state index >= 15 is 0 Å². The Morgan fingerprint density at radius 3 is 2.67 bits per heavy atom. The lowest BCUT2D eigenvalue weighted by Gasteiger charge is -2.17. The van der Waals surface area contributed by atoms with Crippen molar-refractivity contribution in [2.45, 2.75) is 26.9 Å². The summed E-state index contributed by atoms with van der Waals surface area (Å²) < 4.78 is 7.68. The first-order valence-electron chi connectivity index (χ1n) is 6.77. The van der Waals surface area contributed by atoms with Crippen LogP contribution in [0, 0.1) is 5.92 Å². The van der Waals surface area contributed by atoms with E-state index in [4.69, 9.17) is 10.2 Å². The van der Waals surface area contributed by atoms with Gasteiger partial charge in [0.15, 0.2) is 0 Å². The fourth-order valence-corrected chi connectivity index (χ4v) is 2.08. The molecule has 2 aromatic heterocycles. The van der Waals surface area contributed by atoms with Gasteiger partial charge in [-0.15, -0.1) is 0 Å². The second kappa shape index (κ2) is 5.90. The number of nitrogens with zero attached hydrogens (tertiary/aromatic N) is 2. The Labute approximate surface area is 122 Å². The number of nitrogens with one attached hydrogen (secondary N) is 1. The first-order valence-corrected chi connectivity index (χ1v) is 6.77. The molecule has 2 aromatic rings. The fourth-order valence-electron chi connectivity index (χ4n) is 2.08. The number of hydrogen-bond donors (Lipinski definition) is 2. The second-order valence-electron chi connectivity index (χ2n) is 5.34. The lowest BCUT2D eigenvalue weighted by molar-refractivity contribution is 0.493. The highest BCUT2D eigenvalue weighted by Gasteiger charge is 2.16. The molecule has 0 aliphatic carbocycles. The van der Waals surface area contributed by atoms with E-state index in [2.05, 4.69) is 5.32 Å². The van der Waals surface area contributed by atoms with Gasteiger partial charge in [0.25, 0.3) is 5.56 Å². The Bertz CT molecular complexity index is 726. The third kappa shape index (κ3) is 3.01. The zero-order valence-corrected chi connectivity index (χ0v) is 12.4. The SMILES string of the molecule is CC(C)Cn1c(N)c(NCc2ccco2)c(=O)n(C)c1=O. The molecular formula is C14H20N4O3. The predicted octanol–water partition coefficient (Wildman–Crippen LogP) is 0.990. The minimum Gasteiger partial charge on any atom is -0.467 e. The number of furan rings is 1. The van der Waals surface area contributed by atoms with Gasteiger partial charge in [0.05, 0.1) is 12.8 Å². The average molecular weight is 292 g/mol. The van der Waals surface area contributed by atoms with Crippen LogP contribution in [0.5, 0.6) is 0 Å². The molecule has 0 aromatic carbocycles. The second-order valence-corrected chi connectivity index (χ2v) is 5.34. The standard InChI is InChI=1S/C14H20N4O3/c1-9(2)8-18-12(15)11(13(19)17(3)14(18)20)16-7-10-5-4-6-21-10/h4-6,9,16H,7-8,15H2,1-3H3. The van der Waals surface area contributed by atoms with Gasteiger partial charge in [0.1, 0.15) is 17.3 Å². The molecule has 0 saturated carbocycles. The molecule has 7 nitrogen and oxygen atoms in total. The van der Waals surface area contributed by atoms with Crippen molar-refractivity contribution in [3.63, 3.8) is 0 Å². The Morgan fingerprint density at radius 1 is 1.38 bits per heavy atom. The van der Waals surface area contributed by atoms with Gasteiger partial charge in [0, 0.05) is 13.6 Å². The Kier molecular flexibility index (Phi) is 4.21. The average Bonchev–Trinajstić information content (AvgIpc) is 2.94. The van der Waals surface area contributed by atoms with Crippen LogP contribution >= 0.6 is 0 Å². The van der Waals surface area contributed by atoms with Crippen molar-refractivity contribution in [3.05, 3.63) is 45.0 Å². The third-order valence-corrected chi connectivity index (χ3v) is 3.15. The summed E-state index contributed by atoms with van der Waals surface area (Å²) in [5, 5.41) is 2.95. The smallest absolute Gasteiger partial charge is 0.332 e. The van der Waals surface area contributed by atoms with Crippen LogP contribution in [0.15, 0.2) is 32.4 Å². The van der Waals surface area contributed by atoms with Crippen LogP contribution in [0.2, 0.25) is 0 Å². The first-order chi connectivity index (χ1) is 9.91. The van der Waals surface area contributed by atoms with Gasteiger partial charge in [-0.3, -0.25) is 13.9 Å². The van der Waals surface area contributed by atoms with E-state index in [0.29, 0.717) is 18.8 Å². The summed E-state index contributed by atoms with van der Waals surface area (Å²) in [6, 6.07) is 3.55. The maximum Gasteiger partial charge on any atom is 0.332 e. The van der Waals surface area contributed by atoms with Crippen molar-refractivity contribution >= 4 is 11.5 Å². The van der Waals surface area contributed by atoms with Gasteiger partial charge in [-0.05, 0) is 18.1 Å². The molecule has 2 rings (SSSR count). The summed E-state index contributed by atoms with van der Waals surface area (Å²) in [5.41, 5.74) is 5.37. The van der Waals surface area contributed by atoms with Crippen molar-refractivity contribution < 1.29 is 4.42 Å². The molecule has 0 atom stereocenters. The quantitative estimate of drug-likeness (QED) is 0.857. The third-order valence-electron chi connectivity index (χ3n) is 3.15. The van der Waals surface area contributed by atoms with Crippen molar-refractivity contribution in [1.29, 1.82) is 0 Å². The summed E-state index contributed by atoms with van der Waals surface area (Å²) in [5.74, 6) is 1.07. The molecule has 0 fully saturated rings. The van der Waals surface area contributed by atoms with Crippen molar-refractivity contribution in [2.75, 3.05) is 11.1 Å². The number of nitrogen functional groups attached to an aromatic ring is 1. The molecule has 21 heavy (non-hydrogen) atoms. The molecule has 0 spiro atoms. The molecular weight excluding hydrogens is 272 g/mol. The van der Waals surface area contributed by atoms with E-state index in [0.717, 1.165) is 4.57 Å². The number of anilines is 2. The molecule has 0 aliphatic heterocycles. The van der Waals surface area contributed by atoms with Crippen LogP contribution in [0.4, 0.5) is 11.5 Å². The Hall–Kier alpha value is -2.44. The lowest BCUT2D eigenvalue weighted by atomic mass is 10.2. The van der Waals surface area contributed by atoms with E-state index in [-0.39, 0.29) is 17.4 Å². The zero-order valence-electron chi connectivity index (χ0n) is 12.4. The molecule has 3 N–H and O–H groups in total. The van der Waals surface area contributed by atoms with Crippen molar-refractivity contribution in [1.82, 2.24) is 9.13 Å². The minimum absolute atomic E-state index is 0.156. The molecule has 0 radical (unpaired) electrons. The summed E-state index contributed by atoms with van der Waals surface area (Å²) in [7, 11) is 1.44. The van der Waals surface area contributed by atoms with Crippen molar-refractivity contribution in [2.24, 2.45) is 13.0 Å². The maximum absolute atomic E-state index is 12.2. The molecule has 0 amide bonds. The molecule has 0 unspecified atom stereocenters. The summed E-state index contributed by atoms with van der Waals surface area (Å²) >= 11 is 0. The van der Waals surface area contributed by atoms with Crippen LogP contribution in [0.3, 0.4) is 0 Å². The zero-order chi connectivity index (χ0) is 15.6. The summed E-state index contributed by atoms with van der Waals surface area (Å²) in [4.78, 5) is 24.3. The van der Waals surface area contributed by atoms with Crippen LogP contribution in [-0.2, 0) is 20.1 Å². The lowest BCUT2D eigenvalue weighted by Crippen LogP contribution is -2.41. The van der Waals surface area contributed by atoms with E-state index in [1.54, 1.807) is 18.4 Å². The van der Waals surface area contributed by atoms with Gasteiger partial charge in [0.2, 0.25) is 0 Å². The Morgan fingerprint density at radius 2 is 2.10 bits per heavy atom. The van der Waals surface area contributed by atoms with E-state index < -0.39 is 11.2 Å². The van der Waals surface area contributed by atoms with Gasteiger partial charge in [-0.25, -0.2) is 4.79 Å². The largest absolute Gasteiger partial charge is 0.467 e. The molecule has 0 aliphatic rings.